The van der Waals surface area contributed by atoms with Gasteiger partial charge >= 0.3 is 0 Å². The van der Waals surface area contributed by atoms with E-state index in [2.05, 4.69) is 20.4 Å². The van der Waals surface area contributed by atoms with Gasteiger partial charge in [-0.05, 0) is 42.6 Å². The number of aliphatic hydroxyl groups excluding tert-OH is 3. The summed E-state index contributed by atoms with van der Waals surface area (Å²) in [5.41, 5.74) is -1.34. The molecule has 5 nitrogen and oxygen atoms in total. The highest BCUT2D eigenvalue weighted by atomic mass is 16.6. The molecule has 2 spiro atoms. The second-order valence-corrected chi connectivity index (χ2v) is 9.84. The van der Waals surface area contributed by atoms with Crippen LogP contribution in [0.1, 0.15) is 46.0 Å². The Kier molecular flexibility index (Phi) is 2.99. The quantitative estimate of drug-likeness (QED) is 0.576. The minimum atomic E-state index is -1.12. The molecule has 4 aliphatic carbocycles. The monoisotopic (exact) mass is 348 g/mol. The number of ketones is 1. The zero-order valence-corrected chi connectivity index (χ0v) is 14.9. The topological polar surface area (TPSA) is 87.0 Å². The summed E-state index contributed by atoms with van der Waals surface area (Å²) in [6.07, 6.45) is 0.652. The number of ether oxygens (including phenoxy) is 1. The Balaban J connectivity index is 1.76. The van der Waals surface area contributed by atoms with Crippen molar-refractivity contribution in [3.63, 3.8) is 0 Å². The summed E-state index contributed by atoms with van der Waals surface area (Å²) in [4.78, 5) is 13.3. The van der Waals surface area contributed by atoms with E-state index in [4.69, 9.17) is 4.74 Å². The van der Waals surface area contributed by atoms with Gasteiger partial charge in [0.25, 0.3) is 0 Å². The first kappa shape index (κ1) is 16.4. The van der Waals surface area contributed by atoms with Crippen LogP contribution >= 0.6 is 0 Å². The van der Waals surface area contributed by atoms with E-state index in [1.54, 1.807) is 0 Å². The van der Waals surface area contributed by atoms with E-state index in [0.29, 0.717) is 18.4 Å². The fourth-order valence-corrected chi connectivity index (χ4v) is 7.90. The van der Waals surface area contributed by atoms with E-state index in [-0.39, 0.29) is 23.0 Å². The van der Waals surface area contributed by atoms with Crippen molar-refractivity contribution in [2.45, 2.75) is 70.6 Å². The van der Waals surface area contributed by atoms with Crippen molar-refractivity contribution >= 4 is 5.78 Å². The molecule has 0 radical (unpaired) electrons. The number of Topliss-reactive ketones (excluding diaryl/α,β-unsaturated/α-hetero) is 1. The molecule has 6 fully saturated rings. The van der Waals surface area contributed by atoms with Gasteiger partial charge in [0, 0.05) is 17.3 Å². The molecule has 2 aliphatic heterocycles. The lowest BCUT2D eigenvalue weighted by molar-refractivity contribution is -0.393. The maximum Gasteiger partial charge on any atom is 0.170 e. The van der Waals surface area contributed by atoms with Crippen LogP contribution in [0.4, 0.5) is 0 Å². The molecule has 0 aromatic carbocycles. The van der Waals surface area contributed by atoms with Crippen molar-refractivity contribution in [3.05, 3.63) is 12.2 Å². The number of rotatable bonds is 0. The van der Waals surface area contributed by atoms with Crippen molar-refractivity contribution < 1.29 is 24.9 Å². The van der Waals surface area contributed by atoms with Gasteiger partial charge in [-0.3, -0.25) is 4.79 Å². The van der Waals surface area contributed by atoms with Crippen molar-refractivity contribution in [1.29, 1.82) is 0 Å². The van der Waals surface area contributed by atoms with Crippen LogP contribution in [-0.2, 0) is 9.53 Å². The first-order valence-electron chi connectivity index (χ1n) is 9.62. The number of fused-ring (bicyclic) bond motifs is 2. The summed E-state index contributed by atoms with van der Waals surface area (Å²) in [6, 6.07) is 0. The Morgan fingerprint density at radius 3 is 2.60 bits per heavy atom. The third-order valence-corrected chi connectivity index (χ3v) is 8.74. The van der Waals surface area contributed by atoms with E-state index in [9.17, 15) is 20.1 Å². The van der Waals surface area contributed by atoms with Gasteiger partial charge in [0.2, 0.25) is 0 Å². The smallest absolute Gasteiger partial charge is 0.170 e. The lowest BCUT2D eigenvalue weighted by Gasteiger charge is -2.72. The molecule has 0 aromatic rings. The molecule has 6 aliphatic rings. The largest absolute Gasteiger partial charge is 0.393 e. The average Bonchev–Trinajstić information content (AvgIpc) is 2.65. The zero-order valence-electron chi connectivity index (χ0n) is 14.9. The number of carbonyl (C=O) groups excluding carboxylic acids is 1. The predicted molar refractivity (Wildman–Crippen MR) is 89.2 cm³/mol. The maximum atomic E-state index is 13.3. The van der Waals surface area contributed by atoms with Crippen LogP contribution in [0, 0.1) is 34.0 Å². The van der Waals surface area contributed by atoms with Crippen molar-refractivity contribution in [3.8, 4) is 0 Å². The van der Waals surface area contributed by atoms with Gasteiger partial charge in [0.05, 0.1) is 23.7 Å². The molecule has 2 heterocycles. The number of aliphatic hydroxyl groups is 3. The summed E-state index contributed by atoms with van der Waals surface area (Å²) < 4.78 is 5.99. The summed E-state index contributed by atoms with van der Waals surface area (Å²) in [5.74, 6) is -0.793. The molecule has 9 atom stereocenters. The first-order chi connectivity index (χ1) is 11.7. The van der Waals surface area contributed by atoms with E-state index in [0.717, 1.165) is 19.3 Å². The summed E-state index contributed by atoms with van der Waals surface area (Å²) in [5, 5.41) is 33.2. The highest BCUT2D eigenvalue weighted by molar-refractivity contribution is 6.04. The van der Waals surface area contributed by atoms with Crippen LogP contribution < -0.4 is 0 Å². The molecule has 5 unspecified atom stereocenters. The summed E-state index contributed by atoms with van der Waals surface area (Å²) >= 11 is 0. The van der Waals surface area contributed by atoms with Gasteiger partial charge in [0.1, 0.15) is 0 Å². The van der Waals surface area contributed by atoms with Crippen molar-refractivity contribution in [1.82, 2.24) is 0 Å². The van der Waals surface area contributed by atoms with Crippen LogP contribution in [0.15, 0.2) is 12.2 Å². The molecule has 0 aromatic heterocycles. The van der Waals surface area contributed by atoms with Gasteiger partial charge < -0.3 is 20.1 Å². The van der Waals surface area contributed by atoms with E-state index in [1.165, 1.54) is 0 Å². The van der Waals surface area contributed by atoms with Crippen molar-refractivity contribution in [2.75, 3.05) is 0 Å². The molecular formula is C20H28O5. The Morgan fingerprint density at radius 2 is 1.88 bits per heavy atom. The van der Waals surface area contributed by atoms with Gasteiger partial charge in [-0.25, -0.2) is 0 Å². The average molecular weight is 348 g/mol. The lowest BCUT2D eigenvalue weighted by atomic mass is 9.37. The van der Waals surface area contributed by atoms with Gasteiger partial charge in [-0.2, -0.15) is 0 Å². The summed E-state index contributed by atoms with van der Waals surface area (Å²) in [7, 11) is 0. The molecular weight excluding hydrogens is 320 g/mol. The standard InChI is InChI=1S/C20H28O5/c1-9-10-7-11(21)14-19-6-4-5-18(2,3)12(19)8-13(25-17(19)24)20(14,15(9)22)16(10)23/h10-14,16-17,21,23-24H,1,4-8H2,2-3H3/t10?,11-,12?,13-,14?,16+,17?,19-,20?/m0/s1. The fraction of sp³-hybridized carbons (Fsp3) is 0.850. The number of hydrogen-bond donors (Lipinski definition) is 3. The van der Waals surface area contributed by atoms with Crippen LogP contribution in [0.2, 0.25) is 0 Å². The Hall–Kier alpha value is -0.750. The Bertz CT molecular complexity index is 671. The van der Waals surface area contributed by atoms with Gasteiger partial charge in [0.15, 0.2) is 12.1 Å². The molecule has 6 rings (SSSR count). The highest BCUT2D eigenvalue weighted by Gasteiger charge is 2.81. The van der Waals surface area contributed by atoms with E-state index >= 15 is 0 Å². The summed E-state index contributed by atoms with van der Waals surface area (Å²) in [6.45, 7) is 8.39. The lowest BCUT2D eigenvalue weighted by Crippen LogP contribution is -2.78. The first-order valence-corrected chi connectivity index (χ1v) is 9.62. The predicted octanol–water partition coefficient (Wildman–Crippen LogP) is 1.40. The molecule has 5 heteroatoms. The molecule has 25 heavy (non-hydrogen) atoms. The molecule has 4 bridgehead atoms. The van der Waals surface area contributed by atoms with Crippen LogP contribution in [0.3, 0.4) is 0 Å². The third kappa shape index (κ3) is 1.51. The molecule has 138 valence electrons. The van der Waals surface area contributed by atoms with Crippen LogP contribution in [0.5, 0.6) is 0 Å². The molecule has 4 saturated carbocycles. The number of carbonyl (C=O) groups is 1. The van der Waals surface area contributed by atoms with E-state index < -0.39 is 41.3 Å². The molecule has 2 saturated heterocycles. The van der Waals surface area contributed by atoms with Crippen molar-refractivity contribution in [2.24, 2.45) is 34.0 Å². The Morgan fingerprint density at radius 1 is 1.16 bits per heavy atom. The highest BCUT2D eigenvalue weighted by Crippen LogP contribution is 2.75. The van der Waals surface area contributed by atoms with E-state index in [1.807, 2.05) is 0 Å². The van der Waals surface area contributed by atoms with Crippen LogP contribution in [-0.4, -0.2) is 45.7 Å². The minimum absolute atomic E-state index is 0.0169. The second-order valence-electron chi connectivity index (χ2n) is 9.84. The minimum Gasteiger partial charge on any atom is -0.393 e. The Labute approximate surface area is 148 Å². The second kappa shape index (κ2) is 4.56. The number of hydrogen-bond acceptors (Lipinski definition) is 5. The maximum absolute atomic E-state index is 13.3. The van der Waals surface area contributed by atoms with Crippen LogP contribution in [0.25, 0.3) is 0 Å². The zero-order chi connectivity index (χ0) is 17.9. The normalized spacial score (nSPS) is 58.8. The SMILES string of the molecule is C=C1C(=O)C23C([C@@H](O)CC1[C@H]2O)[C@]12CCCC(C)(C)C1C[C@@H]3OC2O. The molecule has 0 amide bonds. The van der Waals surface area contributed by atoms with Gasteiger partial charge in [-0.15, -0.1) is 0 Å². The fourth-order valence-electron chi connectivity index (χ4n) is 7.90. The third-order valence-electron chi connectivity index (χ3n) is 8.74. The molecule has 3 N–H and O–H groups in total. The van der Waals surface area contributed by atoms with Gasteiger partial charge in [-0.1, -0.05) is 26.8 Å².